The summed E-state index contributed by atoms with van der Waals surface area (Å²) >= 11 is 0. The normalized spacial score (nSPS) is 17.6. The first-order chi connectivity index (χ1) is 9.88. The van der Waals surface area contributed by atoms with Gasteiger partial charge in [0, 0.05) is 26.3 Å². The minimum absolute atomic E-state index is 0.694. The molecule has 0 radical (unpaired) electrons. The Morgan fingerprint density at radius 3 is 2.30 bits per heavy atom. The van der Waals surface area contributed by atoms with Crippen molar-refractivity contribution in [1.29, 1.82) is 0 Å². The third-order valence-electron chi connectivity index (χ3n) is 4.16. The van der Waals surface area contributed by atoms with E-state index in [0.29, 0.717) is 13.2 Å². The van der Waals surface area contributed by atoms with E-state index in [1.54, 1.807) is 7.11 Å². The Balaban J connectivity index is 2.23. The molecule has 0 unspecified atom stereocenters. The van der Waals surface area contributed by atoms with Crippen LogP contribution in [0.3, 0.4) is 0 Å². The first-order valence-electron chi connectivity index (χ1n) is 8.39. The zero-order valence-electron chi connectivity index (χ0n) is 13.3. The lowest BCUT2D eigenvalue weighted by molar-refractivity contribution is 0.0617. The molecular formula is C16H34N2O2. The quantitative estimate of drug-likeness (QED) is 0.468. The van der Waals surface area contributed by atoms with Crippen LogP contribution in [-0.4, -0.2) is 57.5 Å². The molecule has 2 N–H and O–H groups in total. The Labute approximate surface area is 125 Å². The van der Waals surface area contributed by atoms with Crippen LogP contribution in [0.4, 0.5) is 0 Å². The van der Waals surface area contributed by atoms with Gasteiger partial charge in [0.15, 0.2) is 0 Å². The van der Waals surface area contributed by atoms with Crippen molar-refractivity contribution in [2.24, 2.45) is 5.73 Å². The number of nitrogens with zero attached hydrogens (tertiary/aromatic N) is 1. The molecule has 0 aromatic rings. The molecule has 120 valence electrons. The number of hydrogen-bond donors (Lipinski definition) is 1. The van der Waals surface area contributed by atoms with E-state index < -0.39 is 0 Å². The number of rotatable bonds is 11. The second kappa shape index (κ2) is 12.6. The fourth-order valence-electron chi connectivity index (χ4n) is 3.01. The van der Waals surface area contributed by atoms with Crippen LogP contribution in [0.2, 0.25) is 0 Å². The second-order valence-electron chi connectivity index (χ2n) is 5.78. The summed E-state index contributed by atoms with van der Waals surface area (Å²) in [5, 5.41) is 0. The second-order valence-corrected chi connectivity index (χ2v) is 5.78. The van der Waals surface area contributed by atoms with Crippen LogP contribution in [0.5, 0.6) is 0 Å². The third kappa shape index (κ3) is 8.20. The van der Waals surface area contributed by atoms with Gasteiger partial charge in [0.25, 0.3) is 0 Å². The summed E-state index contributed by atoms with van der Waals surface area (Å²) in [6.07, 6.45) is 10.6. The highest BCUT2D eigenvalue weighted by atomic mass is 16.5. The predicted molar refractivity (Wildman–Crippen MR) is 84.0 cm³/mol. The molecule has 1 aliphatic rings. The fraction of sp³-hybridized carbons (Fsp3) is 1.00. The molecule has 0 aliphatic heterocycles. The van der Waals surface area contributed by atoms with Crippen LogP contribution in [0.15, 0.2) is 0 Å². The van der Waals surface area contributed by atoms with Gasteiger partial charge < -0.3 is 20.1 Å². The van der Waals surface area contributed by atoms with Gasteiger partial charge in [-0.1, -0.05) is 25.7 Å². The van der Waals surface area contributed by atoms with E-state index in [4.69, 9.17) is 15.2 Å². The Hall–Kier alpha value is -0.160. The van der Waals surface area contributed by atoms with Crippen molar-refractivity contribution >= 4 is 0 Å². The van der Waals surface area contributed by atoms with E-state index in [0.717, 1.165) is 45.1 Å². The summed E-state index contributed by atoms with van der Waals surface area (Å²) in [5.74, 6) is 0. The Kier molecular flexibility index (Phi) is 11.2. The zero-order valence-corrected chi connectivity index (χ0v) is 13.3. The predicted octanol–water partition coefficient (Wildman–Crippen LogP) is 2.41. The molecule has 0 amide bonds. The van der Waals surface area contributed by atoms with E-state index in [9.17, 15) is 0 Å². The van der Waals surface area contributed by atoms with E-state index in [-0.39, 0.29) is 0 Å². The summed E-state index contributed by atoms with van der Waals surface area (Å²) in [6, 6.07) is 0.781. The van der Waals surface area contributed by atoms with Crippen LogP contribution in [-0.2, 0) is 9.47 Å². The lowest BCUT2D eigenvalue weighted by Crippen LogP contribution is -2.37. The maximum Gasteiger partial charge on any atom is 0.0700 e. The monoisotopic (exact) mass is 286 g/mol. The molecule has 20 heavy (non-hydrogen) atoms. The number of ether oxygens (including phenoxy) is 2. The Morgan fingerprint density at radius 1 is 0.950 bits per heavy atom. The van der Waals surface area contributed by atoms with E-state index >= 15 is 0 Å². The maximum atomic E-state index is 5.68. The molecule has 1 aliphatic carbocycles. The molecule has 0 aromatic heterocycles. The smallest absolute Gasteiger partial charge is 0.0700 e. The van der Waals surface area contributed by atoms with Gasteiger partial charge >= 0.3 is 0 Å². The highest BCUT2D eigenvalue weighted by Gasteiger charge is 2.19. The third-order valence-corrected chi connectivity index (χ3v) is 4.16. The van der Waals surface area contributed by atoms with Crippen molar-refractivity contribution in [3.05, 3.63) is 0 Å². The highest BCUT2D eigenvalue weighted by Crippen LogP contribution is 2.22. The van der Waals surface area contributed by atoms with Gasteiger partial charge in [-0.25, -0.2) is 0 Å². The van der Waals surface area contributed by atoms with Crippen LogP contribution < -0.4 is 5.73 Å². The van der Waals surface area contributed by atoms with E-state index in [1.807, 2.05) is 0 Å². The average molecular weight is 286 g/mol. The molecule has 0 saturated heterocycles. The summed E-state index contributed by atoms with van der Waals surface area (Å²) in [4.78, 5) is 2.66. The van der Waals surface area contributed by atoms with Crippen molar-refractivity contribution in [3.63, 3.8) is 0 Å². The topological polar surface area (TPSA) is 47.7 Å². The molecule has 0 heterocycles. The average Bonchev–Trinajstić information content (AvgIpc) is 2.75. The molecule has 0 atom stereocenters. The summed E-state index contributed by atoms with van der Waals surface area (Å²) in [6.45, 7) is 5.35. The first-order valence-corrected chi connectivity index (χ1v) is 8.39. The summed E-state index contributed by atoms with van der Waals surface area (Å²) < 4.78 is 10.5. The number of methoxy groups -OCH3 is 1. The summed E-state index contributed by atoms with van der Waals surface area (Å²) in [5.41, 5.74) is 5.68. The van der Waals surface area contributed by atoms with Crippen LogP contribution in [0.25, 0.3) is 0 Å². The Morgan fingerprint density at radius 2 is 1.65 bits per heavy atom. The highest BCUT2D eigenvalue weighted by molar-refractivity contribution is 4.75. The zero-order chi connectivity index (χ0) is 14.5. The van der Waals surface area contributed by atoms with Crippen molar-refractivity contribution < 1.29 is 9.47 Å². The van der Waals surface area contributed by atoms with Gasteiger partial charge in [-0.2, -0.15) is 0 Å². The molecule has 0 spiro atoms. The van der Waals surface area contributed by atoms with Crippen molar-refractivity contribution in [1.82, 2.24) is 4.90 Å². The van der Waals surface area contributed by atoms with Crippen LogP contribution >= 0.6 is 0 Å². The first kappa shape index (κ1) is 17.9. The van der Waals surface area contributed by atoms with Gasteiger partial charge in [-0.3, -0.25) is 0 Å². The minimum atomic E-state index is 0.694. The molecule has 1 fully saturated rings. The standard InChI is InChI=1S/C16H34N2O2/c1-19-14-15-20-13-7-12-18(11-6-10-17)16-8-4-2-3-5-9-16/h16H,2-15,17H2,1H3. The molecule has 1 rings (SSSR count). The van der Waals surface area contributed by atoms with Crippen molar-refractivity contribution in [3.8, 4) is 0 Å². The largest absolute Gasteiger partial charge is 0.382 e. The Bertz CT molecular complexity index is 207. The fourth-order valence-corrected chi connectivity index (χ4v) is 3.01. The minimum Gasteiger partial charge on any atom is -0.382 e. The lowest BCUT2D eigenvalue weighted by Gasteiger charge is -2.31. The van der Waals surface area contributed by atoms with E-state index in [2.05, 4.69) is 4.90 Å². The van der Waals surface area contributed by atoms with Gasteiger partial charge in [0.1, 0.15) is 0 Å². The van der Waals surface area contributed by atoms with Gasteiger partial charge in [-0.05, 0) is 38.8 Å². The van der Waals surface area contributed by atoms with Crippen LogP contribution in [0.1, 0.15) is 51.4 Å². The van der Waals surface area contributed by atoms with Gasteiger partial charge in [0.05, 0.1) is 13.2 Å². The van der Waals surface area contributed by atoms with Gasteiger partial charge in [-0.15, -0.1) is 0 Å². The number of nitrogens with two attached hydrogens (primary N) is 1. The summed E-state index contributed by atoms with van der Waals surface area (Å²) in [7, 11) is 1.71. The SMILES string of the molecule is COCCOCCCN(CCCN)C1CCCCCC1. The van der Waals surface area contributed by atoms with Gasteiger partial charge in [0.2, 0.25) is 0 Å². The maximum absolute atomic E-state index is 5.68. The molecule has 4 nitrogen and oxygen atoms in total. The van der Waals surface area contributed by atoms with E-state index in [1.165, 1.54) is 38.5 Å². The van der Waals surface area contributed by atoms with Crippen molar-refractivity contribution in [2.45, 2.75) is 57.4 Å². The van der Waals surface area contributed by atoms with Crippen molar-refractivity contribution in [2.75, 3.05) is 46.6 Å². The lowest BCUT2D eigenvalue weighted by atomic mass is 10.1. The molecule has 0 aromatic carbocycles. The molecule has 4 heteroatoms. The molecule has 0 bridgehead atoms. The van der Waals surface area contributed by atoms with Crippen LogP contribution in [0, 0.1) is 0 Å². The molecular weight excluding hydrogens is 252 g/mol. The number of hydrogen-bond acceptors (Lipinski definition) is 4. The molecule has 1 saturated carbocycles.